The van der Waals surface area contributed by atoms with Crippen LogP contribution in [0.4, 0.5) is 0 Å². The fourth-order valence-corrected chi connectivity index (χ4v) is 4.30. The predicted octanol–water partition coefficient (Wildman–Crippen LogP) is 3.76. The molecular weight excluding hydrogens is 304 g/mol. The summed E-state index contributed by atoms with van der Waals surface area (Å²) in [5.41, 5.74) is 0.369. The Kier molecular flexibility index (Phi) is 4.82. The van der Waals surface area contributed by atoms with Crippen molar-refractivity contribution in [3.05, 3.63) is 11.6 Å². The van der Waals surface area contributed by atoms with Gasteiger partial charge in [-0.2, -0.15) is 0 Å². The van der Waals surface area contributed by atoms with Crippen molar-refractivity contribution >= 4 is 5.97 Å². The molecule has 136 valence electrons. The zero-order chi connectivity index (χ0) is 17.5. The molecule has 2 aliphatic heterocycles. The lowest BCUT2D eigenvalue weighted by Crippen LogP contribution is -2.49. The molecule has 4 nitrogen and oxygen atoms in total. The summed E-state index contributed by atoms with van der Waals surface area (Å²) in [5, 5.41) is 10.9. The number of carbonyl (C=O) groups excluding carboxylic acids is 1. The van der Waals surface area contributed by atoms with Crippen molar-refractivity contribution in [3.63, 3.8) is 0 Å². The van der Waals surface area contributed by atoms with E-state index in [1.54, 1.807) is 0 Å². The lowest BCUT2D eigenvalue weighted by Gasteiger charge is -2.40. The number of epoxide rings is 1. The Labute approximate surface area is 145 Å². The first kappa shape index (κ1) is 17.9. The minimum absolute atomic E-state index is 0.0243. The van der Waals surface area contributed by atoms with Crippen molar-refractivity contribution in [2.75, 3.05) is 0 Å². The topological polar surface area (TPSA) is 59.1 Å². The van der Waals surface area contributed by atoms with Crippen LogP contribution in [0.25, 0.3) is 0 Å². The molecule has 4 heteroatoms. The summed E-state index contributed by atoms with van der Waals surface area (Å²) in [6.45, 7) is 8.12. The molecule has 24 heavy (non-hydrogen) atoms. The zero-order valence-electron chi connectivity index (χ0n) is 15.5. The van der Waals surface area contributed by atoms with E-state index >= 15 is 0 Å². The van der Waals surface area contributed by atoms with Gasteiger partial charge >= 0.3 is 5.97 Å². The van der Waals surface area contributed by atoms with E-state index in [1.165, 1.54) is 5.57 Å². The van der Waals surface area contributed by atoms with E-state index in [0.717, 1.165) is 38.5 Å². The van der Waals surface area contributed by atoms with E-state index in [4.69, 9.17) is 9.47 Å². The summed E-state index contributed by atoms with van der Waals surface area (Å²) in [6, 6.07) is 0. The second-order valence-corrected chi connectivity index (χ2v) is 8.65. The molecule has 0 spiro atoms. The lowest BCUT2D eigenvalue weighted by atomic mass is 9.76. The number of rotatable bonds is 0. The van der Waals surface area contributed by atoms with Gasteiger partial charge in [-0.25, -0.2) is 0 Å². The average molecular weight is 336 g/mol. The number of ether oxygens (including phenoxy) is 2. The molecule has 2 bridgehead atoms. The summed E-state index contributed by atoms with van der Waals surface area (Å²) < 4.78 is 11.6. The molecule has 2 saturated heterocycles. The number of allylic oxidation sites excluding steroid dienone is 2. The van der Waals surface area contributed by atoms with Gasteiger partial charge in [0.15, 0.2) is 0 Å². The first-order chi connectivity index (χ1) is 11.2. The van der Waals surface area contributed by atoms with Crippen LogP contribution in [0.1, 0.15) is 72.6 Å². The second kappa shape index (κ2) is 6.45. The smallest absolute Gasteiger partial charge is 0.309 e. The van der Waals surface area contributed by atoms with E-state index in [-0.39, 0.29) is 23.4 Å². The standard InChI is InChI=1S/C20H32O4/c1-13-6-5-10-19(3,22)17-12-15(14(2)18(21)23-17)9-11-20(4)16(24-20)8-7-13/h6,14-17,22H,5,7-12H2,1-4H3/b13-6+/t14-,15?,16-,17+,19-,20-/m0/s1. The third-order valence-electron chi connectivity index (χ3n) is 6.54. The number of aliphatic hydroxyl groups is 1. The molecule has 0 radical (unpaired) electrons. The van der Waals surface area contributed by atoms with Crippen LogP contribution in [0.2, 0.25) is 0 Å². The fraction of sp³-hybridized carbons (Fsp3) is 0.850. The second-order valence-electron chi connectivity index (χ2n) is 8.65. The van der Waals surface area contributed by atoms with Gasteiger partial charge in [-0.3, -0.25) is 4.79 Å². The number of fused-ring (bicyclic) bond motifs is 3. The van der Waals surface area contributed by atoms with Crippen molar-refractivity contribution in [2.45, 2.75) is 96.1 Å². The minimum Gasteiger partial charge on any atom is -0.459 e. The Bertz CT molecular complexity index is 524. The maximum absolute atomic E-state index is 12.3. The van der Waals surface area contributed by atoms with Gasteiger partial charge in [0.05, 0.1) is 23.2 Å². The Morgan fingerprint density at radius 1 is 1.21 bits per heavy atom. The maximum Gasteiger partial charge on any atom is 0.309 e. The molecule has 2 heterocycles. The Morgan fingerprint density at radius 2 is 1.96 bits per heavy atom. The number of hydrogen-bond acceptors (Lipinski definition) is 4. The maximum atomic E-state index is 12.3. The largest absolute Gasteiger partial charge is 0.459 e. The molecule has 0 aromatic rings. The summed E-state index contributed by atoms with van der Waals surface area (Å²) in [6.07, 6.45) is 8.44. The monoisotopic (exact) mass is 336 g/mol. The highest BCUT2D eigenvalue weighted by Crippen LogP contribution is 2.46. The van der Waals surface area contributed by atoms with Crippen molar-refractivity contribution in [1.82, 2.24) is 0 Å². The third-order valence-corrected chi connectivity index (χ3v) is 6.54. The van der Waals surface area contributed by atoms with E-state index in [1.807, 2.05) is 13.8 Å². The van der Waals surface area contributed by atoms with Gasteiger partial charge in [0.2, 0.25) is 0 Å². The van der Waals surface area contributed by atoms with E-state index in [9.17, 15) is 9.90 Å². The zero-order valence-corrected chi connectivity index (χ0v) is 15.5. The molecule has 0 amide bonds. The fourth-order valence-electron chi connectivity index (χ4n) is 4.30. The molecule has 1 unspecified atom stereocenters. The van der Waals surface area contributed by atoms with Crippen LogP contribution in [-0.4, -0.2) is 34.5 Å². The Hall–Kier alpha value is -0.870. The van der Waals surface area contributed by atoms with Gasteiger partial charge in [0, 0.05) is 0 Å². The molecule has 0 saturated carbocycles. The van der Waals surface area contributed by atoms with Crippen LogP contribution >= 0.6 is 0 Å². The van der Waals surface area contributed by atoms with Crippen LogP contribution in [0.5, 0.6) is 0 Å². The van der Waals surface area contributed by atoms with Gasteiger partial charge in [-0.1, -0.05) is 18.6 Å². The predicted molar refractivity (Wildman–Crippen MR) is 92.5 cm³/mol. The highest BCUT2D eigenvalue weighted by atomic mass is 16.6. The number of hydrogen-bond donors (Lipinski definition) is 1. The van der Waals surface area contributed by atoms with Gasteiger partial charge in [-0.05, 0) is 71.6 Å². The van der Waals surface area contributed by atoms with Crippen molar-refractivity contribution < 1.29 is 19.4 Å². The van der Waals surface area contributed by atoms with Gasteiger partial charge < -0.3 is 14.6 Å². The van der Waals surface area contributed by atoms with Crippen LogP contribution in [0.3, 0.4) is 0 Å². The van der Waals surface area contributed by atoms with E-state index in [2.05, 4.69) is 19.9 Å². The SMILES string of the molecule is C/C1=C\CC[C@](C)(O)[C@H]2CC(CC[C@]3(C)O[C@H]3CC1)[C@H](C)C(=O)O2. The van der Waals surface area contributed by atoms with Crippen LogP contribution in [-0.2, 0) is 14.3 Å². The molecule has 1 aliphatic carbocycles. The lowest BCUT2D eigenvalue weighted by molar-refractivity contribution is -0.184. The van der Waals surface area contributed by atoms with E-state index in [0.29, 0.717) is 12.5 Å². The molecule has 3 aliphatic rings. The van der Waals surface area contributed by atoms with E-state index < -0.39 is 11.7 Å². The molecule has 0 aromatic carbocycles. The normalized spacial score (nSPS) is 49.2. The molecule has 0 aromatic heterocycles. The number of esters is 1. The minimum atomic E-state index is -0.961. The molecule has 3 rings (SSSR count). The first-order valence-electron chi connectivity index (χ1n) is 9.47. The van der Waals surface area contributed by atoms with Gasteiger partial charge in [-0.15, -0.1) is 0 Å². The van der Waals surface area contributed by atoms with Crippen molar-refractivity contribution in [3.8, 4) is 0 Å². The Morgan fingerprint density at radius 3 is 2.71 bits per heavy atom. The summed E-state index contributed by atoms with van der Waals surface area (Å²) >= 11 is 0. The highest BCUT2D eigenvalue weighted by molar-refractivity contribution is 5.73. The summed E-state index contributed by atoms with van der Waals surface area (Å²) in [4.78, 5) is 12.3. The quantitative estimate of drug-likeness (QED) is 0.416. The van der Waals surface area contributed by atoms with Crippen LogP contribution in [0, 0.1) is 11.8 Å². The van der Waals surface area contributed by atoms with Gasteiger partial charge in [0.1, 0.15) is 6.10 Å². The van der Waals surface area contributed by atoms with Crippen molar-refractivity contribution in [2.24, 2.45) is 11.8 Å². The molecule has 1 N–H and O–H groups in total. The molecular formula is C20H32O4. The third kappa shape index (κ3) is 3.70. The van der Waals surface area contributed by atoms with Crippen molar-refractivity contribution in [1.29, 1.82) is 0 Å². The molecule has 6 atom stereocenters. The average Bonchev–Trinajstić information content (AvgIpc) is 3.16. The van der Waals surface area contributed by atoms with Crippen LogP contribution < -0.4 is 0 Å². The van der Waals surface area contributed by atoms with Crippen LogP contribution in [0.15, 0.2) is 11.6 Å². The Balaban J connectivity index is 1.78. The molecule has 2 fully saturated rings. The number of carbonyl (C=O) groups is 1. The summed E-state index contributed by atoms with van der Waals surface area (Å²) in [7, 11) is 0. The highest BCUT2D eigenvalue weighted by Gasteiger charge is 2.52. The summed E-state index contributed by atoms with van der Waals surface area (Å²) in [5.74, 6) is 0.0197. The first-order valence-corrected chi connectivity index (χ1v) is 9.47. The van der Waals surface area contributed by atoms with Gasteiger partial charge in [0.25, 0.3) is 0 Å².